The first-order chi connectivity index (χ1) is 14.6. The fourth-order valence-electron chi connectivity index (χ4n) is 3.03. The number of furan rings is 1. The smallest absolute Gasteiger partial charge is 0.271 e. The molecule has 0 aliphatic rings. The van der Waals surface area contributed by atoms with E-state index in [-0.39, 0.29) is 17.2 Å². The fraction of sp³-hybridized carbons (Fsp3) is 0.240. The van der Waals surface area contributed by atoms with Crippen molar-refractivity contribution in [1.29, 1.82) is 0 Å². The van der Waals surface area contributed by atoms with E-state index in [1.165, 1.54) is 6.26 Å². The van der Waals surface area contributed by atoms with Gasteiger partial charge in [-0.3, -0.25) is 9.59 Å². The average molecular weight is 418 g/mol. The molecule has 1 heterocycles. The summed E-state index contributed by atoms with van der Waals surface area (Å²) in [5.74, 6) is 0.0364. The highest BCUT2D eigenvalue weighted by Gasteiger charge is 2.14. The van der Waals surface area contributed by atoms with E-state index in [1.54, 1.807) is 44.2 Å². The molecule has 0 radical (unpaired) electrons. The molecule has 0 saturated heterocycles. The van der Waals surface area contributed by atoms with Crippen molar-refractivity contribution in [3.63, 3.8) is 0 Å². The average Bonchev–Trinajstić information content (AvgIpc) is 3.17. The van der Waals surface area contributed by atoms with Gasteiger partial charge < -0.3 is 9.73 Å². The molecule has 6 heteroatoms. The number of hydrazone groups is 1. The number of benzene rings is 2. The van der Waals surface area contributed by atoms with Gasteiger partial charge in [0.1, 0.15) is 5.76 Å². The van der Waals surface area contributed by atoms with Crippen LogP contribution in [0.2, 0.25) is 0 Å². The van der Waals surface area contributed by atoms with E-state index in [2.05, 4.69) is 36.6 Å². The molecule has 2 amide bonds. The second-order valence-electron chi connectivity index (χ2n) is 8.39. The molecular weight excluding hydrogens is 390 g/mol. The largest absolute Gasteiger partial charge is 0.469 e. The predicted molar refractivity (Wildman–Crippen MR) is 123 cm³/mol. The van der Waals surface area contributed by atoms with Crippen molar-refractivity contribution in [2.75, 3.05) is 5.32 Å². The predicted octanol–water partition coefficient (Wildman–Crippen LogP) is 5.29. The molecule has 160 valence electrons. The monoisotopic (exact) mass is 417 g/mol. The van der Waals surface area contributed by atoms with Crippen molar-refractivity contribution in [3.8, 4) is 0 Å². The number of nitrogens with zero attached hydrogens (tertiary/aromatic N) is 1. The number of rotatable bonds is 5. The maximum absolute atomic E-state index is 12.4. The quantitative estimate of drug-likeness (QED) is 0.437. The normalized spacial score (nSPS) is 11.8. The lowest BCUT2D eigenvalue weighted by Gasteiger charge is -2.18. The van der Waals surface area contributed by atoms with Crippen molar-refractivity contribution in [3.05, 3.63) is 88.9 Å². The van der Waals surface area contributed by atoms with Gasteiger partial charge in [0.25, 0.3) is 11.8 Å². The van der Waals surface area contributed by atoms with Gasteiger partial charge >= 0.3 is 0 Å². The number of nitrogens with one attached hydrogen (secondary N) is 2. The van der Waals surface area contributed by atoms with Crippen molar-refractivity contribution >= 4 is 23.2 Å². The Bertz CT molecular complexity index is 1120. The van der Waals surface area contributed by atoms with Crippen LogP contribution >= 0.6 is 0 Å². The molecule has 0 bridgehead atoms. The van der Waals surface area contributed by atoms with Crippen LogP contribution in [0.25, 0.3) is 0 Å². The zero-order valence-corrected chi connectivity index (χ0v) is 18.4. The van der Waals surface area contributed by atoms with Crippen molar-refractivity contribution < 1.29 is 14.0 Å². The molecule has 2 aromatic carbocycles. The van der Waals surface area contributed by atoms with Gasteiger partial charge in [0.15, 0.2) is 0 Å². The van der Waals surface area contributed by atoms with Crippen LogP contribution in [0.5, 0.6) is 0 Å². The number of anilines is 1. The Labute approximate surface area is 182 Å². The third-order valence-corrected chi connectivity index (χ3v) is 4.98. The summed E-state index contributed by atoms with van der Waals surface area (Å²) in [4.78, 5) is 24.8. The van der Waals surface area contributed by atoms with Crippen LogP contribution in [0.15, 0.2) is 70.4 Å². The lowest BCUT2D eigenvalue weighted by molar-refractivity contribution is 0.0954. The zero-order valence-electron chi connectivity index (χ0n) is 18.4. The summed E-state index contributed by atoms with van der Waals surface area (Å²) in [7, 11) is 0. The molecule has 0 atom stereocenters. The molecule has 2 N–H and O–H groups in total. The van der Waals surface area contributed by atoms with Crippen LogP contribution in [0.4, 0.5) is 5.69 Å². The third-order valence-electron chi connectivity index (χ3n) is 4.98. The summed E-state index contributed by atoms with van der Waals surface area (Å²) in [5.41, 5.74) is 6.84. The summed E-state index contributed by atoms with van der Waals surface area (Å²) in [6.07, 6.45) is 1.48. The van der Waals surface area contributed by atoms with E-state index in [0.717, 1.165) is 11.1 Å². The van der Waals surface area contributed by atoms with Gasteiger partial charge in [0, 0.05) is 11.3 Å². The van der Waals surface area contributed by atoms with E-state index in [0.29, 0.717) is 28.3 Å². The highest BCUT2D eigenvalue weighted by Crippen LogP contribution is 2.22. The first-order valence-corrected chi connectivity index (χ1v) is 10.1. The van der Waals surface area contributed by atoms with Gasteiger partial charge in [-0.1, -0.05) is 45.0 Å². The van der Waals surface area contributed by atoms with Crippen molar-refractivity contribution in [1.82, 2.24) is 5.43 Å². The van der Waals surface area contributed by atoms with Gasteiger partial charge in [-0.25, -0.2) is 5.43 Å². The molecule has 0 aliphatic carbocycles. The standard InChI is InChI=1S/C25H27N3O3/c1-16(27-28-23(29)18-9-11-20(12-10-18)25(3,4)5)19-7-6-8-21(15-19)26-24(30)22-13-14-31-17(22)2/h6-15H,1-5H3,(H,26,30)(H,28,29)/b27-16+. The summed E-state index contributed by atoms with van der Waals surface area (Å²) >= 11 is 0. The van der Waals surface area contributed by atoms with Gasteiger partial charge in [0.2, 0.25) is 0 Å². The van der Waals surface area contributed by atoms with E-state index in [9.17, 15) is 9.59 Å². The Balaban J connectivity index is 1.67. The lowest BCUT2D eigenvalue weighted by Crippen LogP contribution is -2.20. The van der Waals surface area contributed by atoms with E-state index >= 15 is 0 Å². The molecule has 0 spiro atoms. The second-order valence-corrected chi connectivity index (χ2v) is 8.39. The zero-order chi connectivity index (χ0) is 22.6. The minimum Gasteiger partial charge on any atom is -0.469 e. The number of hydrogen-bond acceptors (Lipinski definition) is 4. The first kappa shape index (κ1) is 22.0. The molecular formula is C25H27N3O3. The van der Waals surface area contributed by atoms with Gasteiger partial charge in [0.05, 0.1) is 17.5 Å². The Morgan fingerprint density at radius 3 is 2.26 bits per heavy atom. The maximum atomic E-state index is 12.4. The summed E-state index contributed by atoms with van der Waals surface area (Å²) in [5, 5.41) is 7.06. The minimum atomic E-state index is -0.278. The molecule has 3 rings (SSSR count). The van der Waals surface area contributed by atoms with Crippen LogP contribution in [-0.2, 0) is 5.41 Å². The second kappa shape index (κ2) is 9.00. The van der Waals surface area contributed by atoms with E-state index in [4.69, 9.17) is 4.42 Å². The third kappa shape index (κ3) is 5.48. The number of hydrogen-bond donors (Lipinski definition) is 2. The van der Waals surface area contributed by atoms with E-state index < -0.39 is 0 Å². The molecule has 31 heavy (non-hydrogen) atoms. The Morgan fingerprint density at radius 1 is 0.935 bits per heavy atom. The lowest BCUT2D eigenvalue weighted by atomic mass is 9.87. The van der Waals surface area contributed by atoms with E-state index in [1.807, 2.05) is 24.3 Å². The van der Waals surface area contributed by atoms with Crippen LogP contribution < -0.4 is 10.7 Å². The van der Waals surface area contributed by atoms with Crippen molar-refractivity contribution in [2.45, 2.75) is 40.0 Å². The summed E-state index contributed by atoms with van der Waals surface area (Å²) < 4.78 is 5.18. The Morgan fingerprint density at radius 2 is 1.65 bits per heavy atom. The topological polar surface area (TPSA) is 83.7 Å². The Hall–Kier alpha value is -3.67. The SMILES string of the molecule is C/C(=N\NC(=O)c1ccc(C(C)(C)C)cc1)c1cccc(NC(=O)c2ccoc2C)c1. The van der Waals surface area contributed by atoms with Gasteiger partial charge in [-0.05, 0) is 60.7 Å². The highest BCUT2D eigenvalue weighted by molar-refractivity contribution is 6.06. The minimum absolute atomic E-state index is 0.0283. The van der Waals surface area contributed by atoms with Gasteiger partial charge in [-0.2, -0.15) is 5.10 Å². The Kier molecular flexibility index (Phi) is 6.39. The van der Waals surface area contributed by atoms with Gasteiger partial charge in [-0.15, -0.1) is 0 Å². The highest BCUT2D eigenvalue weighted by atomic mass is 16.3. The molecule has 6 nitrogen and oxygen atoms in total. The molecule has 1 aromatic heterocycles. The molecule has 0 fully saturated rings. The molecule has 0 aliphatic heterocycles. The molecule has 3 aromatic rings. The molecule has 0 saturated carbocycles. The van der Waals surface area contributed by atoms with Crippen LogP contribution in [0.1, 0.15) is 65.3 Å². The molecule has 0 unspecified atom stereocenters. The summed E-state index contributed by atoms with van der Waals surface area (Å²) in [6.45, 7) is 9.92. The maximum Gasteiger partial charge on any atom is 0.271 e. The van der Waals surface area contributed by atoms with Crippen LogP contribution in [0, 0.1) is 6.92 Å². The fourth-order valence-corrected chi connectivity index (χ4v) is 3.03. The number of aryl methyl sites for hydroxylation is 1. The van der Waals surface area contributed by atoms with Crippen LogP contribution in [0.3, 0.4) is 0 Å². The van der Waals surface area contributed by atoms with Crippen LogP contribution in [-0.4, -0.2) is 17.5 Å². The number of amides is 2. The first-order valence-electron chi connectivity index (χ1n) is 10.1. The summed E-state index contributed by atoms with van der Waals surface area (Å²) in [6, 6.07) is 16.4. The number of carbonyl (C=O) groups is 2. The number of carbonyl (C=O) groups excluding carboxylic acids is 2. The van der Waals surface area contributed by atoms with Crippen molar-refractivity contribution in [2.24, 2.45) is 5.10 Å².